The quantitative estimate of drug-likeness (QED) is 0.752. The molecule has 2 N–H and O–H groups in total. The molecule has 2 rings (SSSR count). The highest BCUT2D eigenvalue weighted by molar-refractivity contribution is 7.89. The summed E-state index contributed by atoms with van der Waals surface area (Å²) in [6.07, 6.45) is 6.10. The highest BCUT2D eigenvalue weighted by Crippen LogP contribution is 2.22. The molecular weight excluding hydrogens is 298 g/mol. The first-order valence-electron chi connectivity index (χ1n) is 6.92. The van der Waals surface area contributed by atoms with Crippen molar-refractivity contribution in [3.05, 3.63) is 16.3 Å². The number of hydrogen-bond acceptors (Lipinski definition) is 5. The van der Waals surface area contributed by atoms with Crippen LogP contribution in [0.15, 0.2) is 16.3 Å². The number of aliphatic hydroxyl groups excluding tert-OH is 1. The van der Waals surface area contributed by atoms with Crippen LogP contribution in [0.2, 0.25) is 0 Å². The Morgan fingerprint density at radius 2 is 2.10 bits per heavy atom. The lowest BCUT2D eigenvalue weighted by molar-refractivity contribution is 0.0321. The van der Waals surface area contributed by atoms with Crippen molar-refractivity contribution in [3.63, 3.8) is 0 Å². The smallest absolute Gasteiger partial charge is 0.241 e. The van der Waals surface area contributed by atoms with Crippen LogP contribution in [0, 0.1) is 0 Å². The van der Waals surface area contributed by atoms with E-state index >= 15 is 0 Å². The molecule has 1 aliphatic rings. The summed E-state index contributed by atoms with van der Waals surface area (Å²) in [4.78, 5) is 0.633. The predicted molar refractivity (Wildman–Crippen MR) is 78.3 cm³/mol. The van der Waals surface area contributed by atoms with Gasteiger partial charge in [-0.3, -0.25) is 0 Å². The molecule has 0 radical (unpaired) electrons. The van der Waals surface area contributed by atoms with Gasteiger partial charge in [0.15, 0.2) is 0 Å². The average molecular weight is 319 g/mol. The van der Waals surface area contributed by atoms with Crippen LogP contribution < -0.4 is 4.72 Å². The normalized spacial score (nSPS) is 17.4. The summed E-state index contributed by atoms with van der Waals surface area (Å²) in [7, 11) is -3.54. The standard InChI is InChI=1S/C13H21NO4S2/c15-10-12-13(6-9-19-12)20(16,17)14-7-8-18-11-4-2-1-3-5-11/h6,9,11,14-15H,1-5,7-8,10H2. The summed E-state index contributed by atoms with van der Waals surface area (Å²) < 4.78 is 32.3. The van der Waals surface area contributed by atoms with E-state index in [1.54, 1.807) is 5.38 Å². The number of nitrogens with one attached hydrogen (secondary N) is 1. The van der Waals surface area contributed by atoms with Crippen LogP contribution in [0.1, 0.15) is 37.0 Å². The summed E-state index contributed by atoms with van der Waals surface area (Å²) in [6.45, 7) is 0.397. The fraction of sp³-hybridized carbons (Fsp3) is 0.692. The van der Waals surface area contributed by atoms with Crippen LogP contribution in [0.4, 0.5) is 0 Å². The van der Waals surface area contributed by atoms with Crippen molar-refractivity contribution >= 4 is 21.4 Å². The van der Waals surface area contributed by atoms with Gasteiger partial charge in [-0.05, 0) is 24.3 Å². The molecule has 0 aliphatic heterocycles. The molecule has 1 aromatic heterocycles. The van der Waals surface area contributed by atoms with E-state index in [1.165, 1.54) is 36.7 Å². The Bertz CT molecular complexity index is 506. The number of thiophene rings is 1. The van der Waals surface area contributed by atoms with Crippen molar-refractivity contribution < 1.29 is 18.3 Å². The maximum atomic E-state index is 12.1. The summed E-state index contributed by atoms with van der Waals surface area (Å²) >= 11 is 1.24. The zero-order valence-corrected chi connectivity index (χ0v) is 13.0. The third kappa shape index (κ3) is 4.26. The Kier molecular flexibility index (Phi) is 5.98. The van der Waals surface area contributed by atoms with Crippen LogP contribution in [0.5, 0.6) is 0 Å². The highest BCUT2D eigenvalue weighted by Gasteiger charge is 2.19. The molecule has 0 saturated heterocycles. The van der Waals surface area contributed by atoms with Crippen molar-refractivity contribution in [2.75, 3.05) is 13.2 Å². The lowest BCUT2D eigenvalue weighted by Crippen LogP contribution is -2.29. The van der Waals surface area contributed by atoms with Gasteiger partial charge in [0.05, 0.1) is 24.2 Å². The summed E-state index contributed by atoms with van der Waals surface area (Å²) in [5, 5.41) is 10.8. The van der Waals surface area contributed by atoms with E-state index in [1.807, 2.05) is 0 Å². The third-order valence-corrected chi connectivity index (χ3v) is 6.02. The molecule has 1 fully saturated rings. The van der Waals surface area contributed by atoms with Gasteiger partial charge in [-0.2, -0.15) is 0 Å². The van der Waals surface area contributed by atoms with Gasteiger partial charge >= 0.3 is 0 Å². The van der Waals surface area contributed by atoms with Crippen molar-refractivity contribution in [2.24, 2.45) is 0 Å². The molecule has 0 bridgehead atoms. The minimum atomic E-state index is -3.54. The van der Waals surface area contributed by atoms with Crippen molar-refractivity contribution in [2.45, 2.75) is 49.7 Å². The van der Waals surface area contributed by atoms with E-state index in [4.69, 9.17) is 9.84 Å². The zero-order chi connectivity index (χ0) is 14.4. The van der Waals surface area contributed by atoms with Crippen molar-refractivity contribution in [1.29, 1.82) is 0 Å². The largest absolute Gasteiger partial charge is 0.391 e. The first-order valence-corrected chi connectivity index (χ1v) is 9.28. The van der Waals surface area contributed by atoms with Crippen LogP contribution in [-0.2, 0) is 21.4 Å². The number of hydrogen-bond donors (Lipinski definition) is 2. The van der Waals surface area contributed by atoms with E-state index in [9.17, 15) is 8.42 Å². The van der Waals surface area contributed by atoms with E-state index in [2.05, 4.69) is 4.72 Å². The van der Waals surface area contributed by atoms with Crippen LogP contribution in [-0.4, -0.2) is 32.8 Å². The van der Waals surface area contributed by atoms with Gasteiger partial charge in [0.25, 0.3) is 0 Å². The van der Waals surface area contributed by atoms with Crippen molar-refractivity contribution in [1.82, 2.24) is 4.72 Å². The molecule has 1 saturated carbocycles. The molecule has 1 aliphatic carbocycles. The topological polar surface area (TPSA) is 75.6 Å². The highest BCUT2D eigenvalue weighted by atomic mass is 32.2. The number of aliphatic hydroxyl groups is 1. The second kappa shape index (κ2) is 7.51. The fourth-order valence-corrected chi connectivity index (χ4v) is 4.70. The molecule has 20 heavy (non-hydrogen) atoms. The van der Waals surface area contributed by atoms with Gasteiger partial charge in [0.1, 0.15) is 0 Å². The van der Waals surface area contributed by atoms with Crippen LogP contribution >= 0.6 is 11.3 Å². The van der Waals surface area contributed by atoms with Gasteiger partial charge in [-0.1, -0.05) is 19.3 Å². The first-order chi connectivity index (χ1) is 9.63. The molecule has 0 atom stereocenters. The second-order valence-corrected chi connectivity index (χ2v) is 7.63. The first kappa shape index (κ1) is 15.9. The zero-order valence-electron chi connectivity index (χ0n) is 11.4. The van der Waals surface area contributed by atoms with Crippen LogP contribution in [0.3, 0.4) is 0 Å². The van der Waals surface area contributed by atoms with E-state index in [0.29, 0.717) is 11.5 Å². The van der Waals surface area contributed by atoms with Gasteiger partial charge in [0, 0.05) is 11.4 Å². The molecule has 5 nitrogen and oxygen atoms in total. The molecule has 0 amide bonds. The van der Waals surface area contributed by atoms with Crippen LogP contribution in [0.25, 0.3) is 0 Å². The van der Waals surface area contributed by atoms with Gasteiger partial charge in [-0.25, -0.2) is 13.1 Å². The maximum Gasteiger partial charge on any atom is 0.241 e. The molecule has 0 spiro atoms. The third-order valence-electron chi connectivity index (χ3n) is 3.44. The minimum Gasteiger partial charge on any atom is -0.391 e. The summed E-state index contributed by atoms with van der Waals surface area (Å²) in [5.74, 6) is 0. The molecular formula is C13H21NO4S2. The molecule has 1 aromatic rings. The lowest BCUT2D eigenvalue weighted by Gasteiger charge is -2.21. The molecule has 0 unspecified atom stereocenters. The Labute approximate surface area is 124 Å². The van der Waals surface area contributed by atoms with Crippen molar-refractivity contribution in [3.8, 4) is 0 Å². The van der Waals surface area contributed by atoms with Gasteiger partial charge in [-0.15, -0.1) is 11.3 Å². The lowest BCUT2D eigenvalue weighted by atomic mass is 9.98. The molecule has 114 valence electrons. The average Bonchev–Trinajstić information content (AvgIpc) is 2.94. The predicted octanol–water partition coefficient (Wildman–Crippen LogP) is 1.87. The fourth-order valence-electron chi connectivity index (χ4n) is 2.39. The number of sulfonamides is 1. The SMILES string of the molecule is O=S(=O)(NCCOC1CCCCC1)c1ccsc1CO. The van der Waals surface area contributed by atoms with E-state index in [0.717, 1.165) is 12.8 Å². The Balaban J connectivity index is 1.78. The molecule has 0 aromatic carbocycles. The number of ether oxygens (including phenoxy) is 1. The Morgan fingerprint density at radius 3 is 2.80 bits per heavy atom. The second-order valence-electron chi connectivity index (χ2n) is 4.89. The molecule has 1 heterocycles. The Hall–Kier alpha value is -0.470. The monoisotopic (exact) mass is 319 g/mol. The summed E-state index contributed by atoms with van der Waals surface area (Å²) in [6, 6.07) is 1.51. The Morgan fingerprint density at radius 1 is 1.35 bits per heavy atom. The minimum absolute atomic E-state index is 0.169. The number of rotatable bonds is 7. The van der Waals surface area contributed by atoms with E-state index < -0.39 is 10.0 Å². The van der Waals surface area contributed by atoms with Gasteiger partial charge in [0.2, 0.25) is 10.0 Å². The maximum absolute atomic E-state index is 12.1. The molecule has 7 heteroatoms. The summed E-state index contributed by atoms with van der Waals surface area (Å²) in [5.41, 5.74) is 0. The van der Waals surface area contributed by atoms with E-state index in [-0.39, 0.29) is 24.2 Å². The van der Waals surface area contributed by atoms with Gasteiger partial charge < -0.3 is 9.84 Å².